The van der Waals surface area contributed by atoms with Gasteiger partial charge in [-0.05, 0) is 18.2 Å². The molecule has 2 aromatic rings. The molecule has 0 atom stereocenters. The summed E-state index contributed by atoms with van der Waals surface area (Å²) in [6.45, 7) is 4.09. The predicted molar refractivity (Wildman–Crippen MR) is 51.9 cm³/mol. The van der Waals surface area contributed by atoms with Crippen LogP contribution in [0.1, 0.15) is 11.1 Å². The molecule has 0 saturated heterocycles. The molecule has 1 radical (unpaired) electrons. The maximum atomic E-state index is 4.21. The number of benzene rings is 1. The molecule has 3 heteroatoms. The van der Waals surface area contributed by atoms with Crippen LogP contribution in [0.3, 0.4) is 0 Å². The van der Waals surface area contributed by atoms with Crippen LogP contribution in [0.5, 0.6) is 0 Å². The largest absolute Gasteiger partial charge is 0.265 e. The number of nitrogens with zero attached hydrogens (tertiary/aromatic N) is 2. The third-order valence-corrected chi connectivity index (χ3v) is 1.90. The van der Waals surface area contributed by atoms with Gasteiger partial charge in [0, 0.05) is 26.3 Å². The van der Waals surface area contributed by atoms with E-state index in [0.717, 1.165) is 11.3 Å². The Balaban J connectivity index is 0.000000980. The molecular formula is C11H11IrN2-. The van der Waals surface area contributed by atoms with Gasteiger partial charge >= 0.3 is 0 Å². The van der Waals surface area contributed by atoms with E-state index in [9.17, 15) is 0 Å². The van der Waals surface area contributed by atoms with Crippen LogP contribution in [0.25, 0.3) is 5.69 Å². The van der Waals surface area contributed by atoms with Gasteiger partial charge in [-0.2, -0.15) is 28.9 Å². The molecule has 0 saturated carbocycles. The van der Waals surface area contributed by atoms with Gasteiger partial charge in [-0.1, -0.05) is 6.92 Å². The van der Waals surface area contributed by atoms with Crippen molar-refractivity contribution in [2.45, 2.75) is 13.8 Å². The molecule has 0 aliphatic heterocycles. The van der Waals surface area contributed by atoms with Crippen LogP contribution in [0.4, 0.5) is 0 Å². The molecule has 0 aliphatic carbocycles. The standard InChI is InChI=1S/C11H11N2.Ir/c1-9-4-3-5-11(6-9)13-8-10(2)7-12-13;/h3-4,6-8H,1-2H3;/q-1;. The molecule has 0 aliphatic rings. The summed E-state index contributed by atoms with van der Waals surface area (Å²) in [5.74, 6) is 0. The first kappa shape index (κ1) is 11.2. The Bertz CT molecular complexity index is 421. The van der Waals surface area contributed by atoms with Gasteiger partial charge in [-0.3, -0.25) is 4.68 Å². The van der Waals surface area contributed by atoms with E-state index in [4.69, 9.17) is 0 Å². The second kappa shape index (κ2) is 4.54. The van der Waals surface area contributed by atoms with Crippen LogP contribution >= 0.6 is 0 Å². The van der Waals surface area contributed by atoms with Gasteiger partial charge in [-0.25, -0.2) is 0 Å². The van der Waals surface area contributed by atoms with Crippen LogP contribution in [0.2, 0.25) is 0 Å². The predicted octanol–water partition coefficient (Wildman–Crippen LogP) is 2.29. The average molecular weight is 363 g/mol. The topological polar surface area (TPSA) is 17.8 Å². The first-order valence-corrected chi connectivity index (χ1v) is 4.26. The SMILES string of the molecule is Cc1cc[c-]c(-n2cc(C)cn2)c1.[Ir]. The van der Waals surface area contributed by atoms with Crippen molar-refractivity contribution >= 4 is 0 Å². The zero-order valence-corrected chi connectivity index (χ0v) is 10.5. The molecule has 2 rings (SSSR count). The summed E-state index contributed by atoms with van der Waals surface area (Å²) in [5.41, 5.74) is 3.38. The molecule has 0 spiro atoms. The number of hydrogen-bond donors (Lipinski definition) is 0. The molecule has 1 aromatic heterocycles. The van der Waals surface area contributed by atoms with Crippen molar-refractivity contribution in [2.75, 3.05) is 0 Å². The molecule has 1 heterocycles. The van der Waals surface area contributed by atoms with Crippen LogP contribution in [0, 0.1) is 19.9 Å². The van der Waals surface area contributed by atoms with Gasteiger partial charge in [0.1, 0.15) is 0 Å². The van der Waals surface area contributed by atoms with Crippen molar-refractivity contribution in [1.29, 1.82) is 0 Å². The Morgan fingerprint density at radius 1 is 1.29 bits per heavy atom. The summed E-state index contributed by atoms with van der Waals surface area (Å²) in [7, 11) is 0. The zero-order valence-electron chi connectivity index (χ0n) is 8.11. The number of aryl methyl sites for hydroxylation is 2. The Labute approximate surface area is 97.3 Å². The minimum atomic E-state index is 0. The van der Waals surface area contributed by atoms with E-state index in [1.54, 1.807) is 0 Å². The molecule has 0 amide bonds. The summed E-state index contributed by atoms with van der Waals surface area (Å²) in [6.07, 6.45) is 3.83. The second-order valence-corrected chi connectivity index (χ2v) is 3.21. The smallest absolute Gasteiger partial charge is 0.0522 e. The number of aromatic nitrogens is 2. The fourth-order valence-corrected chi connectivity index (χ4v) is 1.24. The molecule has 0 fully saturated rings. The van der Waals surface area contributed by atoms with Crippen molar-refractivity contribution in [2.24, 2.45) is 0 Å². The molecule has 75 valence electrons. The maximum Gasteiger partial charge on any atom is 0.0522 e. The van der Waals surface area contributed by atoms with Crippen LogP contribution in [-0.2, 0) is 20.1 Å². The van der Waals surface area contributed by atoms with E-state index < -0.39 is 0 Å². The van der Waals surface area contributed by atoms with Gasteiger partial charge in [0.25, 0.3) is 0 Å². The first-order chi connectivity index (χ1) is 6.25. The molecule has 2 nitrogen and oxygen atoms in total. The average Bonchev–Trinajstić information content (AvgIpc) is 2.52. The molecule has 0 N–H and O–H groups in total. The van der Waals surface area contributed by atoms with E-state index in [1.807, 2.05) is 36.1 Å². The minimum absolute atomic E-state index is 0. The maximum absolute atomic E-state index is 4.21. The summed E-state index contributed by atoms with van der Waals surface area (Å²) < 4.78 is 1.84. The quantitative estimate of drug-likeness (QED) is 0.711. The van der Waals surface area contributed by atoms with Gasteiger partial charge in [-0.15, -0.1) is 6.07 Å². The zero-order chi connectivity index (χ0) is 9.26. The fraction of sp³-hybridized carbons (Fsp3) is 0.182. The molecule has 1 aromatic carbocycles. The third kappa shape index (κ3) is 2.31. The number of rotatable bonds is 1. The van der Waals surface area contributed by atoms with Crippen molar-refractivity contribution in [3.8, 4) is 5.69 Å². The molecule has 14 heavy (non-hydrogen) atoms. The fourth-order valence-electron chi connectivity index (χ4n) is 1.24. The normalized spacial score (nSPS) is 9.57. The van der Waals surface area contributed by atoms with Crippen molar-refractivity contribution in [3.63, 3.8) is 0 Å². The first-order valence-electron chi connectivity index (χ1n) is 4.26. The number of hydrogen-bond acceptors (Lipinski definition) is 1. The van der Waals surface area contributed by atoms with E-state index in [2.05, 4.69) is 24.2 Å². The Morgan fingerprint density at radius 2 is 2.07 bits per heavy atom. The van der Waals surface area contributed by atoms with Crippen molar-refractivity contribution in [1.82, 2.24) is 9.78 Å². The minimum Gasteiger partial charge on any atom is -0.265 e. The third-order valence-electron chi connectivity index (χ3n) is 1.90. The van der Waals surface area contributed by atoms with Crippen LogP contribution in [-0.4, -0.2) is 9.78 Å². The van der Waals surface area contributed by atoms with Gasteiger partial charge < -0.3 is 0 Å². The van der Waals surface area contributed by atoms with E-state index >= 15 is 0 Å². The summed E-state index contributed by atoms with van der Waals surface area (Å²) in [6, 6.07) is 9.15. The molecule has 0 unspecified atom stereocenters. The Hall–Kier alpha value is -0.921. The summed E-state index contributed by atoms with van der Waals surface area (Å²) in [4.78, 5) is 0. The molecular weight excluding hydrogens is 352 g/mol. The van der Waals surface area contributed by atoms with Crippen molar-refractivity contribution < 1.29 is 20.1 Å². The van der Waals surface area contributed by atoms with Gasteiger partial charge in [0.15, 0.2) is 0 Å². The van der Waals surface area contributed by atoms with E-state index in [-0.39, 0.29) is 20.1 Å². The van der Waals surface area contributed by atoms with Gasteiger partial charge in [0.2, 0.25) is 0 Å². The van der Waals surface area contributed by atoms with E-state index in [0.29, 0.717) is 0 Å². The monoisotopic (exact) mass is 364 g/mol. The Morgan fingerprint density at radius 3 is 2.64 bits per heavy atom. The molecule has 0 bridgehead atoms. The summed E-state index contributed by atoms with van der Waals surface area (Å²) >= 11 is 0. The van der Waals surface area contributed by atoms with Gasteiger partial charge in [0.05, 0.1) is 6.20 Å². The van der Waals surface area contributed by atoms with Crippen LogP contribution < -0.4 is 0 Å². The Kier molecular flexibility index (Phi) is 3.61. The van der Waals surface area contributed by atoms with Crippen LogP contribution in [0.15, 0.2) is 30.6 Å². The van der Waals surface area contributed by atoms with E-state index in [1.165, 1.54) is 5.56 Å². The second-order valence-electron chi connectivity index (χ2n) is 3.21. The summed E-state index contributed by atoms with van der Waals surface area (Å²) in [5, 5.41) is 4.21. The van der Waals surface area contributed by atoms with Crippen molar-refractivity contribution in [3.05, 3.63) is 47.8 Å².